The zero-order valence-electron chi connectivity index (χ0n) is 5.60. The molecule has 0 spiro atoms. The molecule has 1 N–H and O–H groups in total. The molecule has 0 aromatic carbocycles. The van der Waals surface area contributed by atoms with Crippen molar-refractivity contribution in [3.8, 4) is 0 Å². The minimum absolute atomic E-state index is 0.900. The Morgan fingerprint density at radius 1 is 1.67 bits per heavy atom. The molecule has 0 fully saturated rings. The molecule has 0 saturated heterocycles. The highest BCUT2D eigenvalue weighted by molar-refractivity contribution is 5.40. The summed E-state index contributed by atoms with van der Waals surface area (Å²) >= 11 is 0. The smallest absolute Gasteiger partial charge is 0.129 e. The lowest BCUT2D eigenvalue weighted by Crippen LogP contribution is -1.93. The summed E-state index contributed by atoms with van der Waals surface area (Å²) in [7, 11) is 1.85. The van der Waals surface area contributed by atoms with E-state index in [1.807, 2.05) is 14.0 Å². The molecular weight excluding hydrogens is 112 g/mol. The van der Waals surface area contributed by atoms with Crippen molar-refractivity contribution in [2.75, 3.05) is 12.4 Å². The molecule has 0 atom stereocenters. The van der Waals surface area contributed by atoms with Gasteiger partial charge in [-0.15, -0.1) is 0 Å². The second-order valence-electron chi connectivity index (χ2n) is 1.81. The van der Waals surface area contributed by atoms with Gasteiger partial charge in [0.15, 0.2) is 0 Å². The molecule has 2 nitrogen and oxygen atoms in total. The number of hydrogen-bond donors (Lipinski definition) is 1. The predicted molar refractivity (Wildman–Crippen MR) is 37.4 cm³/mol. The van der Waals surface area contributed by atoms with Crippen LogP contribution in [0, 0.1) is 13.0 Å². The molecule has 2 heteroatoms. The van der Waals surface area contributed by atoms with Gasteiger partial charge in [0.25, 0.3) is 0 Å². The molecule has 1 rings (SSSR count). The van der Waals surface area contributed by atoms with Crippen LogP contribution in [0.3, 0.4) is 0 Å². The first kappa shape index (κ1) is 6.08. The number of pyridine rings is 1. The first-order valence-corrected chi connectivity index (χ1v) is 2.85. The van der Waals surface area contributed by atoms with Crippen LogP contribution in [0.25, 0.3) is 0 Å². The predicted octanol–water partition coefficient (Wildman–Crippen LogP) is 1.23. The number of hydrogen-bond acceptors (Lipinski definition) is 2. The molecule has 0 unspecified atom stereocenters. The van der Waals surface area contributed by atoms with Crippen molar-refractivity contribution < 1.29 is 0 Å². The van der Waals surface area contributed by atoms with Gasteiger partial charge in [0, 0.05) is 13.2 Å². The van der Waals surface area contributed by atoms with E-state index in [2.05, 4.69) is 16.4 Å². The van der Waals surface area contributed by atoms with Crippen molar-refractivity contribution in [1.82, 2.24) is 4.98 Å². The fourth-order valence-electron chi connectivity index (χ4n) is 0.691. The van der Waals surface area contributed by atoms with E-state index in [1.165, 1.54) is 0 Å². The lowest BCUT2D eigenvalue weighted by molar-refractivity contribution is 1.23. The van der Waals surface area contributed by atoms with Crippen molar-refractivity contribution in [3.63, 3.8) is 0 Å². The molecule has 47 valence electrons. The maximum absolute atomic E-state index is 4.05. The summed E-state index contributed by atoms with van der Waals surface area (Å²) in [5, 5.41) is 2.95. The summed E-state index contributed by atoms with van der Waals surface area (Å²) in [6, 6.07) is 4.83. The lowest BCUT2D eigenvalue weighted by Gasteiger charge is -1.99. The maximum Gasteiger partial charge on any atom is 0.129 e. The largest absolute Gasteiger partial charge is 0.373 e. The maximum atomic E-state index is 4.05. The number of nitrogens with one attached hydrogen (secondary N) is 1. The quantitative estimate of drug-likeness (QED) is 0.604. The SMILES string of the molecule is CNc1ncc[c]c1C. The highest BCUT2D eigenvalue weighted by atomic mass is 14.9. The third kappa shape index (κ3) is 1.19. The zero-order valence-corrected chi connectivity index (χ0v) is 5.60. The van der Waals surface area contributed by atoms with Gasteiger partial charge in [-0.25, -0.2) is 4.98 Å². The van der Waals surface area contributed by atoms with Gasteiger partial charge in [0.2, 0.25) is 0 Å². The van der Waals surface area contributed by atoms with Crippen molar-refractivity contribution in [3.05, 3.63) is 23.9 Å². The highest BCUT2D eigenvalue weighted by Gasteiger charge is 1.91. The van der Waals surface area contributed by atoms with E-state index in [-0.39, 0.29) is 0 Å². The highest BCUT2D eigenvalue weighted by Crippen LogP contribution is 2.05. The van der Waals surface area contributed by atoms with Crippen molar-refractivity contribution in [2.45, 2.75) is 6.92 Å². The number of anilines is 1. The summed E-state index contributed by atoms with van der Waals surface area (Å²) in [5.41, 5.74) is 1.06. The molecule has 1 aromatic heterocycles. The van der Waals surface area contributed by atoms with Crippen LogP contribution >= 0.6 is 0 Å². The third-order valence-electron chi connectivity index (χ3n) is 1.17. The van der Waals surface area contributed by atoms with E-state index in [0.717, 1.165) is 11.4 Å². The summed E-state index contributed by atoms with van der Waals surface area (Å²) < 4.78 is 0. The van der Waals surface area contributed by atoms with Gasteiger partial charge in [-0.3, -0.25) is 0 Å². The van der Waals surface area contributed by atoms with Crippen LogP contribution in [0.4, 0.5) is 5.82 Å². The van der Waals surface area contributed by atoms with Gasteiger partial charge in [0.05, 0.1) is 0 Å². The Bertz CT molecular complexity index is 196. The third-order valence-corrected chi connectivity index (χ3v) is 1.17. The molecule has 0 aliphatic heterocycles. The Morgan fingerprint density at radius 2 is 2.44 bits per heavy atom. The Labute approximate surface area is 54.9 Å². The van der Waals surface area contributed by atoms with Gasteiger partial charge >= 0.3 is 0 Å². The first-order chi connectivity index (χ1) is 4.34. The fraction of sp³-hybridized carbons (Fsp3) is 0.286. The van der Waals surface area contributed by atoms with Crippen LogP contribution in [0.2, 0.25) is 0 Å². The van der Waals surface area contributed by atoms with Crippen LogP contribution in [-0.4, -0.2) is 12.0 Å². The average molecular weight is 121 g/mol. The fourth-order valence-corrected chi connectivity index (χ4v) is 0.691. The molecule has 1 aromatic rings. The molecule has 1 heterocycles. The summed E-state index contributed by atoms with van der Waals surface area (Å²) in [6.45, 7) is 1.97. The van der Waals surface area contributed by atoms with Crippen molar-refractivity contribution in [1.29, 1.82) is 0 Å². The van der Waals surface area contributed by atoms with Crippen LogP contribution in [0.1, 0.15) is 5.56 Å². The van der Waals surface area contributed by atoms with Crippen LogP contribution in [0.15, 0.2) is 12.3 Å². The number of aromatic nitrogens is 1. The standard InChI is InChI=1S/C7H9N2/c1-6-4-3-5-9-7(6)8-2/h3,5H,1-2H3,(H,8,9). The summed E-state index contributed by atoms with van der Waals surface area (Å²) in [5.74, 6) is 0.900. The van der Waals surface area contributed by atoms with E-state index in [9.17, 15) is 0 Å². The zero-order chi connectivity index (χ0) is 6.69. The van der Waals surface area contributed by atoms with E-state index in [4.69, 9.17) is 0 Å². The molecule has 0 aliphatic carbocycles. The minimum atomic E-state index is 0.900. The minimum Gasteiger partial charge on any atom is -0.373 e. The molecule has 9 heavy (non-hydrogen) atoms. The normalized spacial score (nSPS) is 9.11. The number of rotatable bonds is 1. The van der Waals surface area contributed by atoms with Crippen molar-refractivity contribution in [2.24, 2.45) is 0 Å². The average Bonchev–Trinajstić information content (AvgIpc) is 1.89. The van der Waals surface area contributed by atoms with Crippen LogP contribution in [-0.2, 0) is 0 Å². The summed E-state index contributed by atoms with van der Waals surface area (Å²) in [6.07, 6.45) is 1.72. The second kappa shape index (κ2) is 2.49. The van der Waals surface area contributed by atoms with Gasteiger partial charge < -0.3 is 5.32 Å². The molecule has 0 saturated carbocycles. The van der Waals surface area contributed by atoms with E-state index >= 15 is 0 Å². The summed E-state index contributed by atoms with van der Waals surface area (Å²) in [4.78, 5) is 4.05. The van der Waals surface area contributed by atoms with E-state index in [1.54, 1.807) is 12.3 Å². The van der Waals surface area contributed by atoms with E-state index in [0.29, 0.717) is 0 Å². The first-order valence-electron chi connectivity index (χ1n) is 2.85. The molecule has 0 bridgehead atoms. The lowest BCUT2D eigenvalue weighted by atomic mass is 10.3. The molecule has 0 aliphatic rings. The van der Waals surface area contributed by atoms with Gasteiger partial charge in [-0.2, -0.15) is 0 Å². The van der Waals surface area contributed by atoms with Gasteiger partial charge in [-0.1, -0.05) is 0 Å². The Hall–Kier alpha value is -1.05. The Kier molecular flexibility index (Phi) is 1.68. The topological polar surface area (TPSA) is 24.9 Å². The van der Waals surface area contributed by atoms with Crippen LogP contribution in [0.5, 0.6) is 0 Å². The van der Waals surface area contributed by atoms with Gasteiger partial charge in [0.1, 0.15) is 5.82 Å². The second-order valence-corrected chi connectivity index (χ2v) is 1.81. The Balaban J connectivity index is 3.01. The molecule has 0 amide bonds. The molecular formula is C7H9N2. The number of aryl methyl sites for hydroxylation is 1. The monoisotopic (exact) mass is 121 g/mol. The molecule has 1 radical (unpaired) electrons. The van der Waals surface area contributed by atoms with Gasteiger partial charge in [-0.05, 0) is 24.6 Å². The number of nitrogens with zero attached hydrogens (tertiary/aromatic N) is 1. The van der Waals surface area contributed by atoms with Crippen molar-refractivity contribution >= 4 is 5.82 Å². The Morgan fingerprint density at radius 3 is 2.89 bits per heavy atom. The van der Waals surface area contributed by atoms with E-state index < -0.39 is 0 Å². The van der Waals surface area contributed by atoms with Crippen LogP contribution < -0.4 is 5.32 Å².